The molecule has 0 spiro atoms. The van der Waals surface area contributed by atoms with Crippen LogP contribution in [0.3, 0.4) is 0 Å². The summed E-state index contributed by atoms with van der Waals surface area (Å²) in [5.41, 5.74) is 10.4. The van der Waals surface area contributed by atoms with Crippen LogP contribution >= 0.6 is 0 Å². The fourth-order valence-electron chi connectivity index (χ4n) is 2.01. The summed E-state index contributed by atoms with van der Waals surface area (Å²) in [7, 11) is 3.11. The molecule has 2 atom stereocenters. The van der Waals surface area contributed by atoms with Crippen molar-refractivity contribution >= 4 is 35.6 Å². The third kappa shape index (κ3) is 14.3. The minimum absolute atomic E-state index is 0. The predicted octanol–water partition coefficient (Wildman–Crippen LogP) is -3.66. The number of rotatable bonds is 12. The van der Waals surface area contributed by atoms with Crippen molar-refractivity contribution in [3.63, 3.8) is 0 Å². The summed E-state index contributed by atoms with van der Waals surface area (Å²) in [6.07, 6.45) is -0.115. The predicted molar refractivity (Wildman–Crippen MR) is 97.9 cm³/mol. The zero-order valence-electron chi connectivity index (χ0n) is 15.8. The van der Waals surface area contributed by atoms with E-state index in [0.717, 1.165) is 0 Å². The van der Waals surface area contributed by atoms with Crippen LogP contribution in [0.1, 0.15) is 19.3 Å². The summed E-state index contributed by atoms with van der Waals surface area (Å²) in [5.74, 6) is -4.39. The van der Waals surface area contributed by atoms with E-state index < -0.39 is 54.6 Å². The number of carbonyl (C=O) groups is 5. The van der Waals surface area contributed by atoms with Crippen LogP contribution < -0.4 is 32.7 Å². The molecule has 29 heavy (non-hydrogen) atoms. The Kier molecular flexibility index (Phi) is 15.4. The maximum atomic E-state index is 12.2. The molecule has 0 rings (SSSR count). The number of nitrogens with zero attached hydrogens (tertiary/aromatic N) is 1. The summed E-state index contributed by atoms with van der Waals surface area (Å²) in [6, 6.07) is -2.33. The SMILES string of the molecule is [CH2-]NC(=O)[C@H](CC(=O)O)NC(=O)CNC(=O)[C@H](CCCN=C(N)N)NC([CH2-])=O.[Y]. The van der Waals surface area contributed by atoms with Crippen molar-refractivity contribution in [2.75, 3.05) is 13.1 Å². The number of amides is 4. The van der Waals surface area contributed by atoms with Crippen LogP contribution in [0.25, 0.3) is 0 Å². The van der Waals surface area contributed by atoms with E-state index in [1.807, 2.05) is 5.32 Å². The molecular formula is C15H25N7O6Y-2. The van der Waals surface area contributed by atoms with Gasteiger partial charge in [-0.05, 0) is 12.8 Å². The van der Waals surface area contributed by atoms with Crippen LogP contribution in [0.5, 0.6) is 0 Å². The van der Waals surface area contributed by atoms with Gasteiger partial charge in [-0.15, -0.1) is 0 Å². The van der Waals surface area contributed by atoms with Gasteiger partial charge < -0.3 is 49.6 Å². The Morgan fingerprint density at radius 1 is 1.03 bits per heavy atom. The molecule has 0 saturated heterocycles. The maximum absolute atomic E-state index is 12.2. The molecule has 4 amide bonds. The zero-order chi connectivity index (χ0) is 21.7. The standard InChI is InChI=1S/C15H25N7O6.Y/c1-8(23)21-9(4-3-5-19-15(16)17)14(28)20-7-11(24)22-10(6-12(25)26)13(27)18-2;/h9-10H,1-7H2,(H,18,27)(H,20,28)(H,21,23)(H,22,24)(H,25,26)(H4,16,17,19);/q-2;/t9-,10-;/m0./s1. The number of guanidine groups is 1. The van der Waals surface area contributed by atoms with Crippen molar-refractivity contribution in [3.8, 4) is 0 Å². The fraction of sp³-hybridized carbons (Fsp3) is 0.467. The van der Waals surface area contributed by atoms with E-state index >= 15 is 0 Å². The fourth-order valence-corrected chi connectivity index (χ4v) is 2.01. The Morgan fingerprint density at radius 3 is 2.14 bits per heavy atom. The number of nitrogens with one attached hydrogen (secondary N) is 4. The number of hydrogen-bond donors (Lipinski definition) is 7. The number of aliphatic imine (C=N–C) groups is 1. The monoisotopic (exact) mass is 488 g/mol. The number of aliphatic carboxylic acids is 1. The van der Waals surface area contributed by atoms with Crippen molar-refractivity contribution in [3.05, 3.63) is 14.0 Å². The average Bonchev–Trinajstić information content (AvgIpc) is 2.60. The molecule has 0 aromatic rings. The molecule has 0 aliphatic rings. The molecule has 9 N–H and O–H groups in total. The van der Waals surface area contributed by atoms with Crippen LogP contribution in [0.4, 0.5) is 0 Å². The molecule has 14 heteroatoms. The molecule has 13 nitrogen and oxygen atoms in total. The normalized spacial score (nSPS) is 11.6. The quantitative estimate of drug-likeness (QED) is 0.0627. The van der Waals surface area contributed by atoms with Gasteiger partial charge in [-0.2, -0.15) is 0 Å². The molecule has 0 aromatic heterocycles. The van der Waals surface area contributed by atoms with Crippen LogP contribution in [0, 0.1) is 14.0 Å². The third-order valence-electron chi connectivity index (χ3n) is 3.22. The molecule has 0 fully saturated rings. The van der Waals surface area contributed by atoms with Gasteiger partial charge in [0, 0.05) is 39.3 Å². The van der Waals surface area contributed by atoms with E-state index in [-0.39, 0.29) is 51.6 Å². The second-order valence-corrected chi connectivity index (χ2v) is 5.55. The first-order valence-electron chi connectivity index (χ1n) is 8.10. The Morgan fingerprint density at radius 2 is 1.66 bits per heavy atom. The first-order chi connectivity index (χ1) is 13.1. The molecule has 161 valence electrons. The Balaban J connectivity index is 0. The molecule has 0 aliphatic carbocycles. The Hall–Kier alpha value is -2.41. The van der Waals surface area contributed by atoms with Crippen LogP contribution in [0.2, 0.25) is 0 Å². The van der Waals surface area contributed by atoms with Gasteiger partial charge in [0.15, 0.2) is 5.96 Å². The van der Waals surface area contributed by atoms with Crippen molar-refractivity contribution in [1.29, 1.82) is 0 Å². The van der Waals surface area contributed by atoms with Gasteiger partial charge >= 0.3 is 5.97 Å². The van der Waals surface area contributed by atoms with E-state index in [4.69, 9.17) is 16.6 Å². The number of carboxylic acids is 1. The van der Waals surface area contributed by atoms with E-state index in [2.05, 4.69) is 34.9 Å². The van der Waals surface area contributed by atoms with Crippen LogP contribution in [-0.4, -0.2) is 65.8 Å². The zero-order valence-corrected chi connectivity index (χ0v) is 18.6. The van der Waals surface area contributed by atoms with Crippen molar-refractivity contribution < 1.29 is 61.8 Å². The molecule has 0 aliphatic heterocycles. The maximum Gasteiger partial charge on any atom is 0.305 e. The molecule has 0 unspecified atom stereocenters. The minimum Gasteiger partial charge on any atom is -0.507 e. The first kappa shape index (κ1) is 28.8. The second kappa shape index (κ2) is 15.5. The smallest absolute Gasteiger partial charge is 0.305 e. The van der Waals surface area contributed by atoms with Crippen molar-refractivity contribution in [2.24, 2.45) is 16.5 Å². The summed E-state index contributed by atoms with van der Waals surface area (Å²) >= 11 is 0. The average molecular weight is 488 g/mol. The van der Waals surface area contributed by atoms with Crippen LogP contribution in [0.15, 0.2) is 4.99 Å². The third-order valence-corrected chi connectivity index (χ3v) is 3.22. The van der Waals surface area contributed by atoms with E-state index in [9.17, 15) is 24.0 Å². The number of carbonyl (C=O) groups excluding carboxylic acids is 4. The molecule has 1 radical (unpaired) electrons. The molecular weight excluding hydrogens is 463 g/mol. The summed E-state index contributed by atoms with van der Waals surface area (Å²) in [6.45, 7) is 2.81. The van der Waals surface area contributed by atoms with Crippen molar-refractivity contribution in [1.82, 2.24) is 21.3 Å². The minimum atomic E-state index is -1.35. The Labute approximate surface area is 193 Å². The van der Waals surface area contributed by atoms with E-state index in [0.29, 0.717) is 6.42 Å². The number of carboxylic acid groups (broad SMARTS) is 1. The molecule has 0 aromatic carbocycles. The number of nitrogens with two attached hydrogens (primary N) is 2. The molecule has 0 bridgehead atoms. The topological polar surface area (TPSA) is 218 Å². The molecule has 0 heterocycles. The van der Waals surface area contributed by atoms with Gasteiger partial charge in [0.05, 0.1) is 18.9 Å². The second-order valence-electron chi connectivity index (χ2n) is 5.55. The van der Waals surface area contributed by atoms with Gasteiger partial charge in [0.25, 0.3) is 0 Å². The van der Waals surface area contributed by atoms with E-state index in [1.54, 1.807) is 0 Å². The van der Waals surface area contributed by atoms with Crippen molar-refractivity contribution in [2.45, 2.75) is 31.3 Å². The molecule has 0 saturated carbocycles. The van der Waals surface area contributed by atoms with E-state index in [1.165, 1.54) is 0 Å². The summed E-state index contributed by atoms with van der Waals surface area (Å²) in [5, 5.41) is 17.5. The largest absolute Gasteiger partial charge is 0.507 e. The van der Waals surface area contributed by atoms with Gasteiger partial charge in [0.1, 0.15) is 12.1 Å². The van der Waals surface area contributed by atoms with Gasteiger partial charge in [0.2, 0.25) is 17.7 Å². The van der Waals surface area contributed by atoms with Gasteiger partial charge in [-0.1, -0.05) is 0 Å². The summed E-state index contributed by atoms with van der Waals surface area (Å²) < 4.78 is 0. The van der Waals surface area contributed by atoms with Crippen LogP contribution in [-0.2, 0) is 56.7 Å². The Bertz CT molecular complexity index is 624. The van der Waals surface area contributed by atoms with Gasteiger partial charge in [-0.25, -0.2) is 0 Å². The first-order valence-corrected chi connectivity index (χ1v) is 8.10. The number of hydrogen-bond acceptors (Lipinski definition) is 6. The summed E-state index contributed by atoms with van der Waals surface area (Å²) in [4.78, 5) is 61.2. The van der Waals surface area contributed by atoms with Gasteiger partial charge in [-0.3, -0.25) is 31.2 Å².